The van der Waals surface area contributed by atoms with Crippen molar-refractivity contribution in [1.82, 2.24) is 14.7 Å². The van der Waals surface area contributed by atoms with Gasteiger partial charge in [-0.05, 0) is 58.7 Å². The van der Waals surface area contributed by atoms with Gasteiger partial charge in [0.05, 0.1) is 22.3 Å². The summed E-state index contributed by atoms with van der Waals surface area (Å²) < 4.78 is 2.75. The maximum absolute atomic E-state index is 13.0. The first kappa shape index (κ1) is 20.6. The van der Waals surface area contributed by atoms with Gasteiger partial charge in [0.1, 0.15) is 0 Å². The van der Waals surface area contributed by atoms with E-state index in [1.807, 2.05) is 53.9 Å². The van der Waals surface area contributed by atoms with Crippen LogP contribution in [0.4, 0.5) is 17.2 Å². The van der Waals surface area contributed by atoms with Gasteiger partial charge in [0.15, 0.2) is 5.82 Å². The number of fused-ring (bicyclic) bond motifs is 1. The van der Waals surface area contributed by atoms with Crippen LogP contribution in [-0.2, 0) is 0 Å². The second-order valence-corrected chi connectivity index (χ2v) is 7.83. The molecular weight excluding hydrogens is 458 g/mol. The van der Waals surface area contributed by atoms with Crippen LogP contribution >= 0.6 is 15.9 Å². The molecule has 0 radical (unpaired) electrons. The van der Waals surface area contributed by atoms with Gasteiger partial charge in [-0.15, -0.1) is 0 Å². The third kappa shape index (κ3) is 4.29. The molecule has 3 heterocycles. The highest BCUT2D eigenvalue weighted by Gasteiger charge is 2.16. The van der Waals surface area contributed by atoms with Crippen LogP contribution in [0.5, 0.6) is 0 Å². The normalized spacial score (nSPS) is 10.7. The second-order valence-electron chi connectivity index (χ2n) is 6.97. The van der Waals surface area contributed by atoms with E-state index < -0.39 is 0 Å². The second kappa shape index (κ2) is 8.61. The van der Waals surface area contributed by atoms with Crippen LogP contribution < -0.4 is 16.0 Å². The molecule has 0 fully saturated rings. The van der Waals surface area contributed by atoms with Crippen LogP contribution in [0, 0.1) is 6.92 Å². The number of aromatic nitrogens is 2. The molecule has 0 aliphatic heterocycles. The minimum atomic E-state index is -0.306. The lowest BCUT2D eigenvalue weighted by Crippen LogP contribution is -2.19. The summed E-state index contributed by atoms with van der Waals surface area (Å²) in [4.78, 5) is 29.5. The molecule has 0 aliphatic rings. The van der Waals surface area contributed by atoms with Gasteiger partial charge in [-0.1, -0.05) is 18.2 Å². The highest BCUT2D eigenvalue weighted by atomic mass is 79.9. The summed E-state index contributed by atoms with van der Waals surface area (Å²) in [7, 11) is 1.55. The van der Waals surface area contributed by atoms with Crippen LogP contribution in [0.1, 0.15) is 26.3 Å². The fourth-order valence-electron chi connectivity index (χ4n) is 3.19. The molecule has 0 spiro atoms. The molecule has 31 heavy (non-hydrogen) atoms. The number of para-hydroxylation sites is 1. The summed E-state index contributed by atoms with van der Waals surface area (Å²) >= 11 is 3.50. The number of nitrogens with zero attached hydrogens (tertiary/aromatic N) is 2. The number of pyridine rings is 2. The largest absolute Gasteiger partial charge is 0.355 e. The molecule has 4 aromatic rings. The number of rotatable bonds is 5. The Hall–Kier alpha value is -3.65. The van der Waals surface area contributed by atoms with Gasteiger partial charge in [-0.25, -0.2) is 4.98 Å². The van der Waals surface area contributed by atoms with Gasteiger partial charge in [-0.3, -0.25) is 9.59 Å². The van der Waals surface area contributed by atoms with Gasteiger partial charge >= 0.3 is 0 Å². The zero-order chi connectivity index (χ0) is 22.0. The summed E-state index contributed by atoms with van der Waals surface area (Å²) in [5.74, 6) is -0.150. The average molecular weight is 478 g/mol. The van der Waals surface area contributed by atoms with E-state index in [0.29, 0.717) is 22.6 Å². The monoisotopic (exact) mass is 477 g/mol. The van der Waals surface area contributed by atoms with E-state index in [1.54, 1.807) is 25.4 Å². The minimum absolute atomic E-state index is 0.288. The van der Waals surface area contributed by atoms with Crippen LogP contribution in [0.2, 0.25) is 0 Å². The van der Waals surface area contributed by atoms with E-state index in [-0.39, 0.29) is 11.8 Å². The first-order chi connectivity index (χ1) is 15.0. The van der Waals surface area contributed by atoms with Crippen LogP contribution in [0.25, 0.3) is 5.52 Å². The molecule has 156 valence electrons. The summed E-state index contributed by atoms with van der Waals surface area (Å²) in [6.07, 6.45) is 5.09. The third-order valence-electron chi connectivity index (χ3n) is 4.87. The molecule has 0 saturated carbocycles. The Kier molecular flexibility index (Phi) is 5.73. The average Bonchev–Trinajstić information content (AvgIpc) is 3.22. The predicted molar refractivity (Wildman–Crippen MR) is 125 cm³/mol. The number of carbonyl (C=O) groups is 2. The number of halogens is 1. The first-order valence-electron chi connectivity index (χ1n) is 9.58. The van der Waals surface area contributed by atoms with Crippen molar-refractivity contribution < 1.29 is 9.59 Å². The van der Waals surface area contributed by atoms with Crippen molar-refractivity contribution in [2.24, 2.45) is 0 Å². The van der Waals surface area contributed by atoms with Crippen LogP contribution in [0.3, 0.4) is 0 Å². The fourth-order valence-corrected chi connectivity index (χ4v) is 3.66. The van der Waals surface area contributed by atoms with Crippen molar-refractivity contribution in [2.45, 2.75) is 6.92 Å². The Morgan fingerprint density at radius 2 is 1.81 bits per heavy atom. The van der Waals surface area contributed by atoms with Crippen molar-refractivity contribution in [1.29, 1.82) is 0 Å². The Bertz CT molecular complexity index is 1300. The number of hydrogen-bond acceptors (Lipinski definition) is 4. The molecule has 7 nitrogen and oxygen atoms in total. The Balaban J connectivity index is 1.70. The maximum Gasteiger partial charge on any atom is 0.257 e. The van der Waals surface area contributed by atoms with Crippen molar-refractivity contribution in [3.63, 3.8) is 0 Å². The first-order valence-corrected chi connectivity index (χ1v) is 10.4. The maximum atomic E-state index is 13.0. The molecule has 0 bridgehead atoms. The Morgan fingerprint density at radius 1 is 1.00 bits per heavy atom. The smallest absolute Gasteiger partial charge is 0.257 e. The molecule has 0 saturated heterocycles. The van der Waals surface area contributed by atoms with Crippen molar-refractivity contribution in [3.8, 4) is 0 Å². The number of anilines is 3. The van der Waals surface area contributed by atoms with Crippen molar-refractivity contribution in [3.05, 3.63) is 88.3 Å². The standard InChI is InChI=1S/C23H20BrN5O2/c1-14-6-3-4-8-18(14)27-21-19(10-15(12-26-21)22(30)25-2)28-23(31)16-11-20-17(24)7-5-9-29(20)13-16/h3-13H,1-2H3,(H,25,30)(H,26,27)(H,28,31). The number of hydrogen-bond donors (Lipinski definition) is 3. The number of amides is 2. The lowest BCUT2D eigenvalue weighted by molar-refractivity contribution is 0.0961. The molecule has 0 atom stereocenters. The van der Waals surface area contributed by atoms with Crippen molar-refractivity contribution in [2.75, 3.05) is 17.7 Å². The molecule has 8 heteroatoms. The van der Waals surface area contributed by atoms with Crippen LogP contribution in [0.15, 0.2) is 71.6 Å². The van der Waals surface area contributed by atoms with E-state index in [0.717, 1.165) is 21.2 Å². The van der Waals surface area contributed by atoms with Gasteiger partial charge in [0.2, 0.25) is 0 Å². The molecule has 2 amide bonds. The molecule has 3 N–H and O–H groups in total. The Morgan fingerprint density at radius 3 is 2.55 bits per heavy atom. The number of carbonyl (C=O) groups excluding carboxylic acids is 2. The summed E-state index contributed by atoms with van der Waals surface area (Å²) in [6, 6.07) is 15.0. The van der Waals surface area contributed by atoms with E-state index in [4.69, 9.17) is 0 Å². The quantitative estimate of drug-likeness (QED) is 0.386. The van der Waals surface area contributed by atoms with E-state index in [9.17, 15) is 9.59 Å². The van der Waals surface area contributed by atoms with Crippen molar-refractivity contribution >= 4 is 50.5 Å². The number of benzene rings is 1. The van der Waals surface area contributed by atoms with Gasteiger partial charge in [-0.2, -0.15) is 0 Å². The summed E-state index contributed by atoms with van der Waals surface area (Å²) in [5.41, 5.74) is 4.00. The third-order valence-corrected chi connectivity index (χ3v) is 5.54. The highest BCUT2D eigenvalue weighted by Crippen LogP contribution is 2.27. The van der Waals surface area contributed by atoms with Gasteiger partial charge < -0.3 is 20.4 Å². The van der Waals surface area contributed by atoms with Crippen LogP contribution in [-0.4, -0.2) is 28.2 Å². The molecule has 0 unspecified atom stereocenters. The van der Waals surface area contributed by atoms with Gasteiger partial charge in [0, 0.05) is 35.8 Å². The molecule has 3 aromatic heterocycles. The summed E-state index contributed by atoms with van der Waals surface area (Å²) in [6.45, 7) is 1.98. The molecular formula is C23H20BrN5O2. The number of aryl methyl sites for hydroxylation is 1. The minimum Gasteiger partial charge on any atom is -0.355 e. The summed E-state index contributed by atoms with van der Waals surface area (Å²) in [5, 5.41) is 8.72. The van der Waals surface area contributed by atoms with E-state index in [2.05, 4.69) is 36.9 Å². The fraction of sp³-hybridized carbons (Fsp3) is 0.0870. The number of nitrogens with one attached hydrogen (secondary N) is 3. The lowest BCUT2D eigenvalue weighted by atomic mass is 10.2. The topological polar surface area (TPSA) is 87.5 Å². The molecule has 1 aromatic carbocycles. The van der Waals surface area contributed by atoms with Gasteiger partial charge in [0.25, 0.3) is 11.8 Å². The zero-order valence-corrected chi connectivity index (χ0v) is 18.5. The molecule has 4 rings (SSSR count). The van der Waals surface area contributed by atoms with E-state index >= 15 is 0 Å². The Labute approximate surface area is 187 Å². The zero-order valence-electron chi connectivity index (χ0n) is 16.9. The van der Waals surface area contributed by atoms with E-state index in [1.165, 1.54) is 6.20 Å². The SMILES string of the molecule is CNC(=O)c1cnc(Nc2ccccc2C)c(NC(=O)c2cc3c(Br)cccn3c2)c1. The highest BCUT2D eigenvalue weighted by molar-refractivity contribution is 9.10. The lowest BCUT2D eigenvalue weighted by Gasteiger charge is -2.14. The predicted octanol–water partition coefficient (Wildman–Crippen LogP) is 4.76. The molecule has 0 aliphatic carbocycles.